The van der Waals surface area contributed by atoms with Gasteiger partial charge in [-0.25, -0.2) is 27.5 Å². The third-order valence-corrected chi connectivity index (χ3v) is 5.08. The van der Waals surface area contributed by atoms with Crippen molar-refractivity contribution in [2.45, 2.75) is 19.4 Å². The Morgan fingerprint density at radius 1 is 1.13 bits per heavy atom. The molecule has 3 rings (SSSR count). The molecule has 0 unspecified atom stereocenters. The smallest absolute Gasteiger partial charge is 0.155 e. The number of fused-ring (bicyclic) bond motifs is 1. The number of rotatable bonds is 7. The molecule has 0 amide bonds. The average molecular weight is 436 g/mol. The monoisotopic (exact) mass is 435 g/mol. The number of benzene rings is 2. The summed E-state index contributed by atoms with van der Waals surface area (Å²) in [7, 11) is -1.33. The second-order valence-electron chi connectivity index (χ2n) is 7.53. The fraction of sp³-hybridized carbons (Fsp3) is 0.318. The molecule has 1 aromatic heterocycles. The lowest BCUT2D eigenvalue weighted by atomic mass is 10.0. The van der Waals surface area contributed by atoms with Gasteiger partial charge in [-0.05, 0) is 43.2 Å². The number of hydrogen-bond donors (Lipinski definition) is 0. The van der Waals surface area contributed by atoms with E-state index in [2.05, 4.69) is 20.2 Å². The van der Waals surface area contributed by atoms with Crippen molar-refractivity contribution in [3.63, 3.8) is 0 Å². The summed E-state index contributed by atoms with van der Waals surface area (Å²) in [5, 5.41) is 0.858. The number of ether oxygens (including phenoxy) is 1. The molecule has 30 heavy (non-hydrogen) atoms. The predicted molar refractivity (Wildman–Crippen MR) is 118 cm³/mol. The predicted octanol–water partition coefficient (Wildman–Crippen LogP) is 5.02. The van der Waals surface area contributed by atoms with E-state index in [0.29, 0.717) is 17.7 Å². The molecule has 3 aromatic rings. The van der Waals surface area contributed by atoms with Crippen LogP contribution in [0.3, 0.4) is 0 Å². The van der Waals surface area contributed by atoms with Crippen molar-refractivity contribution in [1.82, 2.24) is 9.97 Å². The van der Waals surface area contributed by atoms with Gasteiger partial charge in [0, 0.05) is 23.4 Å². The molecule has 0 bridgehead atoms. The molecule has 0 aliphatic rings. The van der Waals surface area contributed by atoms with E-state index in [4.69, 9.17) is 4.74 Å². The molecule has 2 aromatic carbocycles. The first kappa shape index (κ1) is 22.1. The van der Waals surface area contributed by atoms with Gasteiger partial charge in [0.05, 0.1) is 16.9 Å². The van der Waals surface area contributed by atoms with Crippen LogP contribution in [0.4, 0.5) is 18.9 Å². The first-order valence-corrected chi connectivity index (χ1v) is 11.9. The lowest BCUT2D eigenvalue weighted by Crippen LogP contribution is -2.22. The molecule has 0 N–H and O–H groups in total. The van der Waals surface area contributed by atoms with Crippen LogP contribution in [0.5, 0.6) is 5.75 Å². The largest absolute Gasteiger partial charge is 0.485 e. The molecule has 0 saturated heterocycles. The number of alkyl halides is 2. The Morgan fingerprint density at radius 2 is 1.87 bits per heavy atom. The lowest BCUT2D eigenvalue weighted by molar-refractivity contribution is 0.132. The van der Waals surface area contributed by atoms with E-state index in [9.17, 15) is 13.2 Å². The maximum Gasteiger partial charge on any atom is 0.155 e. The summed E-state index contributed by atoms with van der Waals surface area (Å²) in [6.07, 6.45) is 4.47. The van der Waals surface area contributed by atoms with Crippen molar-refractivity contribution in [2.75, 3.05) is 25.9 Å². The molecule has 0 saturated carbocycles. The van der Waals surface area contributed by atoms with Crippen molar-refractivity contribution in [1.29, 1.82) is 0 Å². The van der Waals surface area contributed by atoms with Gasteiger partial charge in [-0.1, -0.05) is 11.9 Å². The van der Waals surface area contributed by atoms with E-state index in [-0.39, 0.29) is 5.75 Å². The van der Waals surface area contributed by atoms with E-state index in [1.807, 2.05) is 31.6 Å². The zero-order valence-electron chi connectivity index (χ0n) is 17.2. The minimum Gasteiger partial charge on any atom is -0.485 e. The van der Waals surface area contributed by atoms with Crippen LogP contribution in [0, 0.1) is 12.7 Å². The van der Waals surface area contributed by atoms with Crippen LogP contribution in [0.15, 0.2) is 41.0 Å². The molecule has 160 valence electrons. The summed E-state index contributed by atoms with van der Waals surface area (Å²) >= 11 is 0. The quantitative estimate of drug-likeness (QED) is 0.490. The molecule has 0 aliphatic heterocycles. The Morgan fingerprint density at radius 3 is 2.53 bits per heavy atom. The van der Waals surface area contributed by atoms with E-state index in [1.54, 1.807) is 6.07 Å². The molecule has 0 aliphatic carbocycles. The van der Waals surface area contributed by atoms with Crippen LogP contribution in [0.1, 0.15) is 16.8 Å². The van der Waals surface area contributed by atoms with Gasteiger partial charge in [-0.2, -0.15) is 0 Å². The number of nitrogens with zero attached hydrogens (tertiary/aromatic N) is 3. The standard InChI is InChI=1S/C22H24F3N3OS/c1-14-7-17(28-30(2,3)4)10-20-22(14)19(26-13-27-20)8-15-5-6-16(25)9-21(15)29-18(11-23)12-24/h5-7,9-10,13,18H,2,8,11-12H2,1,3-4H3. The third kappa shape index (κ3) is 5.30. The molecule has 0 fully saturated rings. The minimum absolute atomic E-state index is 0.105. The van der Waals surface area contributed by atoms with Crippen molar-refractivity contribution >= 4 is 31.9 Å². The first-order valence-electron chi connectivity index (χ1n) is 9.30. The Bertz CT molecular complexity index is 1180. The summed E-state index contributed by atoms with van der Waals surface area (Å²) in [6.45, 7) is -0.0538. The normalized spacial score (nSPS) is 11.8. The summed E-state index contributed by atoms with van der Waals surface area (Å²) in [4.78, 5) is 8.78. The fourth-order valence-electron chi connectivity index (χ4n) is 3.17. The third-order valence-electron chi connectivity index (χ3n) is 4.38. The van der Waals surface area contributed by atoms with Gasteiger partial charge < -0.3 is 4.74 Å². The van der Waals surface area contributed by atoms with Crippen LogP contribution in [-0.4, -0.2) is 47.8 Å². The Balaban J connectivity index is 2.06. The van der Waals surface area contributed by atoms with Gasteiger partial charge >= 0.3 is 0 Å². The van der Waals surface area contributed by atoms with Crippen molar-refractivity contribution < 1.29 is 17.9 Å². The topological polar surface area (TPSA) is 47.4 Å². The number of halogens is 3. The number of aromatic nitrogens is 2. The Labute approximate surface area is 174 Å². The van der Waals surface area contributed by atoms with E-state index < -0.39 is 34.7 Å². The summed E-state index contributed by atoms with van der Waals surface area (Å²) in [5.41, 5.74) is 3.77. The maximum atomic E-state index is 13.7. The average Bonchev–Trinajstić information content (AvgIpc) is 2.66. The van der Waals surface area contributed by atoms with Gasteiger partial charge in [0.15, 0.2) is 6.10 Å². The Kier molecular flexibility index (Phi) is 6.65. The van der Waals surface area contributed by atoms with Crippen LogP contribution < -0.4 is 4.74 Å². The fourth-order valence-corrected chi connectivity index (χ4v) is 3.85. The second kappa shape index (κ2) is 9.04. The first-order chi connectivity index (χ1) is 14.2. The second-order valence-corrected chi connectivity index (χ2v) is 10.7. The molecule has 0 atom stereocenters. The van der Waals surface area contributed by atoms with Crippen LogP contribution in [0.25, 0.3) is 10.9 Å². The summed E-state index contributed by atoms with van der Waals surface area (Å²) in [5.74, 6) is 3.65. The molecule has 8 heteroatoms. The zero-order chi connectivity index (χ0) is 21.9. The summed E-state index contributed by atoms with van der Waals surface area (Å²) < 4.78 is 49.6. The molecule has 0 spiro atoms. The summed E-state index contributed by atoms with van der Waals surface area (Å²) in [6, 6.07) is 7.81. The van der Waals surface area contributed by atoms with Crippen LogP contribution >= 0.6 is 0 Å². The van der Waals surface area contributed by atoms with Crippen LogP contribution in [-0.2, 0) is 15.8 Å². The number of aryl methyl sites for hydroxylation is 1. The van der Waals surface area contributed by atoms with E-state index in [0.717, 1.165) is 28.2 Å². The minimum atomic E-state index is -1.33. The number of hydrogen-bond acceptors (Lipinski definition) is 4. The van der Waals surface area contributed by atoms with Crippen molar-refractivity contribution in [3.8, 4) is 5.75 Å². The van der Waals surface area contributed by atoms with Crippen LogP contribution in [0.2, 0.25) is 0 Å². The molecular weight excluding hydrogens is 411 g/mol. The zero-order valence-corrected chi connectivity index (χ0v) is 18.0. The molecule has 0 radical (unpaired) electrons. The van der Waals surface area contributed by atoms with Gasteiger partial charge in [0.25, 0.3) is 0 Å². The van der Waals surface area contributed by atoms with E-state index >= 15 is 0 Å². The van der Waals surface area contributed by atoms with Gasteiger partial charge in [-0.3, -0.25) is 0 Å². The van der Waals surface area contributed by atoms with Gasteiger partial charge in [0.1, 0.15) is 31.2 Å². The maximum absolute atomic E-state index is 13.7. The molecule has 4 nitrogen and oxygen atoms in total. The van der Waals surface area contributed by atoms with Gasteiger partial charge in [0.2, 0.25) is 0 Å². The highest BCUT2D eigenvalue weighted by atomic mass is 32.2. The van der Waals surface area contributed by atoms with Crippen molar-refractivity contribution in [2.24, 2.45) is 4.36 Å². The highest BCUT2D eigenvalue weighted by Crippen LogP contribution is 2.30. The Hall–Kier alpha value is -2.61. The van der Waals surface area contributed by atoms with Crippen molar-refractivity contribution in [3.05, 3.63) is 59.3 Å². The highest BCUT2D eigenvalue weighted by Gasteiger charge is 2.16. The molecule has 1 heterocycles. The molecular formula is C22H24F3N3OS. The SMILES string of the molecule is C=S(C)(C)=Nc1cc(C)c2c(Cc3ccc(F)cc3OC(CF)CF)ncnc2c1. The lowest BCUT2D eigenvalue weighted by Gasteiger charge is -2.17. The van der Waals surface area contributed by atoms with E-state index in [1.165, 1.54) is 12.4 Å². The highest BCUT2D eigenvalue weighted by molar-refractivity contribution is 8.01. The van der Waals surface area contributed by atoms with Gasteiger partial charge in [-0.15, -0.1) is 9.41 Å².